The van der Waals surface area contributed by atoms with Gasteiger partial charge < -0.3 is 20.1 Å². The number of benzene rings is 2. The van der Waals surface area contributed by atoms with E-state index in [1.807, 2.05) is 18.2 Å². The summed E-state index contributed by atoms with van der Waals surface area (Å²) in [4.78, 5) is 38.1. The van der Waals surface area contributed by atoms with Crippen LogP contribution in [0.1, 0.15) is 40.1 Å². The molecule has 0 saturated carbocycles. The molecule has 7 heteroatoms. The number of rotatable bonds is 8. The monoisotopic (exact) mass is 398 g/mol. The number of carboxylic acid groups (broad SMARTS) is 1. The van der Waals surface area contributed by atoms with Gasteiger partial charge in [0.15, 0.2) is 0 Å². The van der Waals surface area contributed by atoms with Gasteiger partial charge in [0.2, 0.25) is 0 Å². The van der Waals surface area contributed by atoms with Gasteiger partial charge in [-0.2, -0.15) is 0 Å². The van der Waals surface area contributed by atoms with Gasteiger partial charge in [0.25, 0.3) is 11.8 Å². The van der Waals surface area contributed by atoms with Gasteiger partial charge in [-0.15, -0.1) is 0 Å². The summed E-state index contributed by atoms with van der Waals surface area (Å²) in [5.41, 5.74) is 1.35. The summed E-state index contributed by atoms with van der Waals surface area (Å²) in [6, 6.07) is 12.5. The van der Waals surface area contributed by atoms with Crippen LogP contribution in [0.25, 0.3) is 0 Å². The predicted octanol–water partition coefficient (Wildman–Crippen LogP) is 2.60. The third-order valence-corrected chi connectivity index (χ3v) is 4.13. The fourth-order valence-electron chi connectivity index (χ4n) is 2.74. The summed E-state index contributed by atoms with van der Waals surface area (Å²) >= 11 is 0. The molecular formula is C22H26N2O5. The highest BCUT2D eigenvalue weighted by Gasteiger charge is 2.24. The van der Waals surface area contributed by atoms with Crippen LogP contribution < -0.4 is 10.1 Å². The lowest BCUT2D eigenvalue weighted by Gasteiger charge is -2.19. The molecule has 154 valence electrons. The van der Waals surface area contributed by atoms with Crippen LogP contribution >= 0.6 is 0 Å². The fraction of sp³-hybridized carbons (Fsp3) is 0.318. The maximum absolute atomic E-state index is 12.8. The first-order valence-corrected chi connectivity index (χ1v) is 9.29. The first kappa shape index (κ1) is 21.9. The van der Waals surface area contributed by atoms with E-state index in [0.717, 1.165) is 5.56 Å². The SMILES string of the molecule is CC(C)Oc1cc(C(=O)N(C)C)ccc1C(=O)NC(Cc1ccccc1)C(=O)O. The molecule has 0 radical (unpaired) electrons. The van der Waals surface area contributed by atoms with Crippen molar-refractivity contribution in [3.8, 4) is 5.75 Å². The van der Waals surface area contributed by atoms with Crippen LogP contribution in [0.3, 0.4) is 0 Å². The zero-order valence-electron chi connectivity index (χ0n) is 17.0. The lowest BCUT2D eigenvalue weighted by atomic mass is 10.0. The molecule has 2 rings (SSSR count). The Morgan fingerprint density at radius 1 is 1.07 bits per heavy atom. The summed E-state index contributed by atoms with van der Waals surface area (Å²) < 4.78 is 5.72. The van der Waals surface area contributed by atoms with E-state index >= 15 is 0 Å². The first-order valence-electron chi connectivity index (χ1n) is 9.29. The molecule has 2 aromatic rings. The Labute approximate surface area is 170 Å². The Bertz CT molecular complexity index is 878. The lowest BCUT2D eigenvalue weighted by Crippen LogP contribution is -2.42. The summed E-state index contributed by atoms with van der Waals surface area (Å²) in [5.74, 6) is -1.70. The van der Waals surface area contributed by atoms with Crippen LogP contribution in [0.15, 0.2) is 48.5 Å². The highest BCUT2D eigenvalue weighted by molar-refractivity contribution is 6.01. The van der Waals surface area contributed by atoms with Crippen molar-refractivity contribution in [2.45, 2.75) is 32.4 Å². The van der Waals surface area contributed by atoms with Crippen LogP contribution in [0.2, 0.25) is 0 Å². The van der Waals surface area contributed by atoms with Gasteiger partial charge in [0.05, 0.1) is 11.7 Å². The molecule has 0 aliphatic heterocycles. The van der Waals surface area contributed by atoms with E-state index in [-0.39, 0.29) is 29.7 Å². The van der Waals surface area contributed by atoms with E-state index in [2.05, 4.69) is 5.32 Å². The van der Waals surface area contributed by atoms with Gasteiger partial charge >= 0.3 is 5.97 Å². The molecular weight excluding hydrogens is 372 g/mol. The summed E-state index contributed by atoms with van der Waals surface area (Å²) in [7, 11) is 3.26. The average molecular weight is 398 g/mol. The Hall–Kier alpha value is -3.35. The van der Waals surface area contributed by atoms with Crippen molar-refractivity contribution in [2.75, 3.05) is 14.1 Å². The van der Waals surface area contributed by atoms with Crippen molar-refractivity contribution in [1.82, 2.24) is 10.2 Å². The van der Waals surface area contributed by atoms with Crippen molar-refractivity contribution >= 4 is 17.8 Å². The van der Waals surface area contributed by atoms with Crippen molar-refractivity contribution in [3.05, 3.63) is 65.2 Å². The molecule has 0 saturated heterocycles. The third-order valence-electron chi connectivity index (χ3n) is 4.13. The molecule has 0 aromatic heterocycles. The molecule has 0 spiro atoms. The first-order chi connectivity index (χ1) is 13.7. The molecule has 1 unspecified atom stereocenters. The number of ether oxygens (including phenoxy) is 1. The average Bonchev–Trinajstić information content (AvgIpc) is 2.66. The minimum Gasteiger partial charge on any atom is -0.490 e. The van der Waals surface area contributed by atoms with Crippen molar-refractivity contribution in [3.63, 3.8) is 0 Å². The van der Waals surface area contributed by atoms with Crippen molar-refractivity contribution in [2.24, 2.45) is 0 Å². The topological polar surface area (TPSA) is 95.9 Å². The molecule has 1 atom stereocenters. The quantitative estimate of drug-likeness (QED) is 0.713. The Balaban J connectivity index is 2.29. The van der Waals surface area contributed by atoms with Crippen LogP contribution in [0, 0.1) is 0 Å². The summed E-state index contributed by atoms with van der Waals surface area (Å²) in [6.45, 7) is 3.61. The van der Waals surface area contributed by atoms with Gasteiger partial charge in [-0.3, -0.25) is 9.59 Å². The van der Waals surface area contributed by atoms with Crippen LogP contribution in [-0.2, 0) is 11.2 Å². The van der Waals surface area contributed by atoms with Gasteiger partial charge in [-0.25, -0.2) is 4.79 Å². The number of carboxylic acids is 1. The molecule has 0 fully saturated rings. The third kappa shape index (κ3) is 6.07. The van der Waals surface area contributed by atoms with Crippen LogP contribution in [-0.4, -0.2) is 54.0 Å². The van der Waals surface area contributed by atoms with Crippen molar-refractivity contribution < 1.29 is 24.2 Å². The number of carbonyl (C=O) groups is 3. The largest absolute Gasteiger partial charge is 0.490 e. The van der Waals surface area contributed by atoms with Crippen molar-refractivity contribution in [1.29, 1.82) is 0 Å². The van der Waals surface area contributed by atoms with Gasteiger partial charge in [0, 0.05) is 26.1 Å². The van der Waals surface area contributed by atoms with Gasteiger partial charge in [-0.05, 0) is 37.6 Å². The summed E-state index contributed by atoms with van der Waals surface area (Å²) in [5, 5.41) is 12.1. The molecule has 7 nitrogen and oxygen atoms in total. The number of nitrogens with zero attached hydrogens (tertiary/aromatic N) is 1. The summed E-state index contributed by atoms with van der Waals surface area (Å²) in [6.07, 6.45) is -0.0784. The zero-order chi connectivity index (χ0) is 21.6. The number of carbonyl (C=O) groups excluding carboxylic acids is 2. The maximum atomic E-state index is 12.8. The number of hydrogen-bond donors (Lipinski definition) is 2. The van der Waals surface area contributed by atoms with Gasteiger partial charge in [0.1, 0.15) is 11.8 Å². The Morgan fingerprint density at radius 3 is 2.28 bits per heavy atom. The molecule has 0 aliphatic rings. The zero-order valence-corrected chi connectivity index (χ0v) is 17.0. The molecule has 2 amide bonds. The highest BCUT2D eigenvalue weighted by atomic mass is 16.5. The van der Waals surface area contributed by atoms with E-state index in [1.165, 1.54) is 23.1 Å². The van der Waals surface area contributed by atoms with Crippen LogP contribution in [0.4, 0.5) is 0 Å². The van der Waals surface area contributed by atoms with E-state index in [1.54, 1.807) is 40.1 Å². The second-order valence-corrected chi connectivity index (χ2v) is 7.13. The molecule has 2 N–H and O–H groups in total. The molecule has 0 heterocycles. The number of nitrogens with one attached hydrogen (secondary N) is 1. The minimum atomic E-state index is -1.13. The Kier molecular flexibility index (Phi) is 7.36. The second-order valence-electron chi connectivity index (χ2n) is 7.13. The normalized spacial score (nSPS) is 11.6. The van der Waals surface area contributed by atoms with E-state index in [4.69, 9.17) is 4.74 Å². The second kappa shape index (κ2) is 9.73. The number of hydrogen-bond acceptors (Lipinski definition) is 4. The smallest absolute Gasteiger partial charge is 0.326 e. The maximum Gasteiger partial charge on any atom is 0.326 e. The Morgan fingerprint density at radius 2 is 1.72 bits per heavy atom. The number of aliphatic carboxylic acids is 1. The molecule has 2 aromatic carbocycles. The predicted molar refractivity (Wildman–Crippen MR) is 109 cm³/mol. The van der Waals surface area contributed by atoms with E-state index in [0.29, 0.717) is 5.56 Å². The highest BCUT2D eigenvalue weighted by Crippen LogP contribution is 2.23. The minimum absolute atomic E-state index is 0.152. The van der Waals surface area contributed by atoms with Crippen LogP contribution in [0.5, 0.6) is 5.75 Å². The fourth-order valence-corrected chi connectivity index (χ4v) is 2.74. The lowest BCUT2D eigenvalue weighted by molar-refractivity contribution is -0.139. The van der Waals surface area contributed by atoms with Gasteiger partial charge in [-0.1, -0.05) is 30.3 Å². The molecule has 29 heavy (non-hydrogen) atoms. The van der Waals surface area contributed by atoms with E-state index in [9.17, 15) is 19.5 Å². The standard InChI is InChI=1S/C22H26N2O5/c1-14(2)29-19-13-16(21(26)24(3)4)10-11-17(19)20(25)23-18(22(27)28)12-15-8-6-5-7-9-15/h5-11,13-14,18H,12H2,1-4H3,(H,23,25)(H,27,28). The van der Waals surface area contributed by atoms with E-state index < -0.39 is 17.9 Å². The number of amides is 2. The molecule has 0 bridgehead atoms. The molecule has 0 aliphatic carbocycles.